The second kappa shape index (κ2) is 5.98. The third-order valence-electron chi connectivity index (χ3n) is 3.20. The first-order valence-corrected chi connectivity index (χ1v) is 6.65. The monoisotopic (exact) mass is 275 g/mol. The largest absolute Gasteiger partial charge is 0.497 e. The van der Waals surface area contributed by atoms with Crippen LogP contribution in [-0.2, 0) is 0 Å². The fourth-order valence-corrected chi connectivity index (χ4v) is 2.30. The van der Waals surface area contributed by atoms with Crippen molar-refractivity contribution < 1.29 is 4.74 Å². The van der Waals surface area contributed by atoms with Gasteiger partial charge >= 0.3 is 0 Å². The van der Waals surface area contributed by atoms with E-state index in [-0.39, 0.29) is 6.04 Å². The highest BCUT2D eigenvalue weighted by molar-refractivity contribution is 6.33. The number of aryl methyl sites for hydroxylation is 1. The van der Waals surface area contributed by atoms with Gasteiger partial charge in [-0.3, -0.25) is 0 Å². The molecule has 2 rings (SSSR count). The van der Waals surface area contributed by atoms with Gasteiger partial charge in [-0.15, -0.1) is 0 Å². The van der Waals surface area contributed by atoms with E-state index in [2.05, 4.69) is 31.3 Å². The van der Waals surface area contributed by atoms with Crippen molar-refractivity contribution in [2.24, 2.45) is 0 Å². The maximum absolute atomic E-state index is 6.21. The summed E-state index contributed by atoms with van der Waals surface area (Å²) in [5, 5.41) is 4.13. The number of hydrogen-bond acceptors (Lipinski definition) is 2. The third kappa shape index (κ3) is 3.21. The molecule has 0 saturated heterocycles. The third-order valence-corrected chi connectivity index (χ3v) is 3.53. The Morgan fingerprint density at radius 1 is 1.16 bits per heavy atom. The SMILES string of the molecule is COc1ccc(Cl)c(NC(C)c2ccccc2C)c1. The van der Waals surface area contributed by atoms with Crippen molar-refractivity contribution >= 4 is 17.3 Å². The van der Waals surface area contributed by atoms with Crippen LogP contribution in [0.4, 0.5) is 5.69 Å². The van der Waals surface area contributed by atoms with Crippen molar-refractivity contribution in [1.82, 2.24) is 0 Å². The van der Waals surface area contributed by atoms with Crippen LogP contribution in [0.3, 0.4) is 0 Å². The summed E-state index contributed by atoms with van der Waals surface area (Å²) in [6.07, 6.45) is 0. The lowest BCUT2D eigenvalue weighted by Crippen LogP contribution is -2.08. The molecule has 0 spiro atoms. The lowest BCUT2D eigenvalue weighted by atomic mass is 10.0. The molecule has 0 saturated carbocycles. The summed E-state index contributed by atoms with van der Waals surface area (Å²) in [5.41, 5.74) is 3.42. The number of halogens is 1. The summed E-state index contributed by atoms with van der Waals surface area (Å²) in [6, 6.07) is 14.1. The minimum Gasteiger partial charge on any atom is -0.497 e. The number of benzene rings is 2. The minimum absolute atomic E-state index is 0.186. The highest BCUT2D eigenvalue weighted by Crippen LogP contribution is 2.30. The summed E-state index contributed by atoms with van der Waals surface area (Å²) in [6.45, 7) is 4.23. The first-order chi connectivity index (χ1) is 9.11. The average Bonchev–Trinajstić information content (AvgIpc) is 2.41. The topological polar surface area (TPSA) is 21.3 Å². The van der Waals surface area contributed by atoms with Crippen LogP contribution in [0.25, 0.3) is 0 Å². The molecule has 0 fully saturated rings. The zero-order valence-electron chi connectivity index (χ0n) is 11.4. The van der Waals surface area contributed by atoms with Gasteiger partial charge in [0.15, 0.2) is 0 Å². The molecule has 0 bridgehead atoms. The van der Waals surface area contributed by atoms with Gasteiger partial charge < -0.3 is 10.1 Å². The molecule has 2 aromatic rings. The van der Waals surface area contributed by atoms with Gasteiger partial charge in [-0.25, -0.2) is 0 Å². The maximum atomic E-state index is 6.21. The van der Waals surface area contributed by atoms with Gasteiger partial charge in [-0.2, -0.15) is 0 Å². The van der Waals surface area contributed by atoms with Gasteiger partial charge in [-0.05, 0) is 37.1 Å². The summed E-state index contributed by atoms with van der Waals surface area (Å²) in [7, 11) is 1.65. The van der Waals surface area contributed by atoms with Crippen molar-refractivity contribution in [3.05, 3.63) is 58.6 Å². The molecule has 0 aliphatic heterocycles. The summed E-state index contributed by atoms with van der Waals surface area (Å²) < 4.78 is 5.22. The highest BCUT2D eigenvalue weighted by Gasteiger charge is 2.10. The smallest absolute Gasteiger partial charge is 0.121 e. The average molecular weight is 276 g/mol. The Balaban J connectivity index is 2.24. The van der Waals surface area contributed by atoms with Crippen LogP contribution in [-0.4, -0.2) is 7.11 Å². The number of rotatable bonds is 4. The highest BCUT2D eigenvalue weighted by atomic mass is 35.5. The zero-order valence-corrected chi connectivity index (χ0v) is 12.2. The maximum Gasteiger partial charge on any atom is 0.121 e. The molecule has 0 aliphatic carbocycles. The van der Waals surface area contributed by atoms with Crippen LogP contribution in [0.1, 0.15) is 24.1 Å². The molecular weight excluding hydrogens is 258 g/mol. The molecule has 3 heteroatoms. The second-order valence-electron chi connectivity index (χ2n) is 4.57. The number of ether oxygens (including phenoxy) is 1. The lowest BCUT2D eigenvalue weighted by molar-refractivity contribution is 0.415. The molecule has 2 aromatic carbocycles. The van der Waals surface area contributed by atoms with Crippen LogP contribution in [0.15, 0.2) is 42.5 Å². The van der Waals surface area contributed by atoms with Crippen LogP contribution in [0.5, 0.6) is 5.75 Å². The van der Waals surface area contributed by atoms with Crippen LogP contribution in [0.2, 0.25) is 5.02 Å². The van der Waals surface area contributed by atoms with Gasteiger partial charge in [0.05, 0.1) is 17.8 Å². The van der Waals surface area contributed by atoms with Gasteiger partial charge in [0, 0.05) is 12.1 Å². The summed E-state index contributed by atoms with van der Waals surface area (Å²) >= 11 is 6.21. The first kappa shape index (κ1) is 13.8. The predicted octanol–water partition coefficient (Wildman–Crippen LogP) is 4.83. The Labute approximate surface area is 119 Å². The Morgan fingerprint density at radius 2 is 1.89 bits per heavy atom. The molecule has 0 heterocycles. The van der Waals surface area contributed by atoms with Gasteiger partial charge in [0.1, 0.15) is 5.75 Å². The number of anilines is 1. The van der Waals surface area contributed by atoms with E-state index in [0.29, 0.717) is 5.02 Å². The molecule has 0 amide bonds. The van der Waals surface area contributed by atoms with Gasteiger partial charge in [0.25, 0.3) is 0 Å². The Bertz CT molecular complexity index is 568. The quantitative estimate of drug-likeness (QED) is 0.863. The molecular formula is C16H18ClNO. The fourth-order valence-electron chi connectivity index (χ4n) is 2.13. The molecule has 100 valence electrons. The fraction of sp³-hybridized carbons (Fsp3) is 0.250. The van der Waals surface area contributed by atoms with E-state index < -0.39 is 0 Å². The van der Waals surface area contributed by atoms with Gasteiger partial charge in [0.2, 0.25) is 0 Å². The van der Waals surface area contributed by atoms with E-state index in [1.54, 1.807) is 7.11 Å². The molecule has 0 radical (unpaired) electrons. The molecule has 1 unspecified atom stereocenters. The molecule has 1 atom stereocenters. The number of hydrogen-bond donors (Lipinski definition) is 1. The zero-order chi connectivity index (χ0) is 13.8. The molecule has 19 heavy (non-hydrogen) atoms. The molecule has 1 N–H and O–H groups in total. The van der Waals surface area contributed by atoms with E-state index in [1.165, 1.54) is 11.1 Å². The summed E-state index contributed by atoms with van der Waals surface area (Å²) in [5.74, 6) is 0.795. The van der Waals surface area contributed by atoms with Crippen LogP contribution < -0.4 is 10.1 Å². The Morgan fingerprint density at radius 3 is 2.58 bits per heavy atom. The van der Waals surface area contributed by atoms with E-state index in [4.69, 9.17) is 16.3 Å². The molecule has 2 nitrogen and oxygen atoms in total. The summed E-state index contributed by atoms with van der Waals surface area (Å²) in [4.78, 5) is 0. The normalized spacial score (nSPS) is 12.0. The van der Waals surface area contributed by atoms with E-state index in [1.807, 2.05) is 30.3 Å². The van der Waals surface area contributed by atoms with E-state index in [9.17, 15) is 0 Å². The van der Waals surface area contributed by atoms with Gasteiger partial charge in [-0.1, -0.05) is 35.9 Å². The Kier molecular flexibility index (Phi) is 4.33. The van der Waals surface area contributed by atoms with Crippen molar-refractivity contribution in [2.45, 2.75) is 19.9 Å². The van der Waals surface area contributed by atoms with Crippen LogP contribution >= 0.6 is 11.6 Å². The molecule has 0 aromatic heterocycles. The number of nitrogens with one attached hydrogen (secondary N) is 1. The predicted molar refractivity (Wildman–Crippen MR) is 81.2 cm³/mol. The van der Waals surface area contributed by atoms with Crippen LogP contribution in [0, 0.1) is 6.92 Å². The Hall–Kier alpha value is -1.67. The number of methoxy groups -OCH3 is 1. The van der Waals surface area contributed by atoms with Crippen molar-refractivity contribution in [3.63, 3.8) is 0 Å². The second-order valence-corrected chi connectivity index (χ2v) is 4.98. The minimum atomic E-state index is 0.186. The standard InChI is InChI=1S/C16H18ClNO/c1-11-6-4-5-7-14(11)12(2)18-16-10-13(19-3)8-9-15(16)17/h4-10,12,18H,1-3H3. The van der Waals surface area contributed by atoms with E-state index in [0.717, 1.165) is 11.4 Å². The molecule has 0 aliphatic rings. The first-order valence-electron chi connectivity index (χ1n) is 6.27. The van der Waals surface area contributed by atoms with Crippen molar-refractivity contribution in [1.29, 1.82) is 0 Å². The van der Waals surface area contributed by atoms with Crippen molar-refractivity contribution in [3.8, 4) is 5.75 Å². The van der Waals surface area contributed by atoms with Crippen molar-refractivity contribution in [2.75, 3.05) is 12.4 Å². The lowest BCUT2D eigenvalue weighted by Gasteiger charge is -2.19. The van der Waals surface area contributed by atoms with E-state index >= 15 is 0 Å².